The highest BCUT2D eigenvalue weighted by molar-refractivity contribution is 5.98. The van der Waals surface area contributed by atoms with Crippen LogP contribution in [-0.2, 0) is 11.2 Å². The predicted octanol–water partition coefficient (Wildman–Crippen LogP) is 2.21. The molecule has 0 spiro atoms. The highest BCUT2D eigenvalue weighted by Crippen LogP contribution is 2.40. The van der Waals surface area contributed by atoms with E-state index in [4.69, 9.17) is 0 Å². The number of aliphatic carboxylic acids is 1. The molecule has 1 aliphatic carbocycles. The van der Waals surface area contributed by atoms with Crippen molar-refractivity contribution in [2.24, 2.45) is 5.92 Å². The number of likely N-dealkylation sites (tertiary alicyclic amines) is 1. The Morgan fingerprint density at radius 1 is 1.30 bits per heavy atom. The van der Waals surface area contributed by atoms with Gasteiger partial charge in [-0.15, -0.1) is 0 Å². The minimum absolute atomic E-state index is 0.0514. The van der Waals surface area contributed by atoms with Crippen LogP contribution in [0.4, 0.5) is 0 Å². The first-order chi connectivity index (χ1) is 11.0. The molecule has 1 aromatic rings. The molecule has 2 aliphatic rings. The van der Waals surface area contributed by atoms with Gasteiger partial charge in [-0.3, -0.25) is 4.79 Å². The van der Waals surface area contributed by atoms with Crippen molar-refractivity contribution in [3.63, 3.8) is 0 Å². The largest absolute Gasteiger partial charge is 0.480 e. The molecular weight excluding hydrogens is 294 g/mol. The molecule has 6 heteroatoms. The van der Waals surface area contributed by atoms with Crippen LogP contribution < -0.4 is 0 Å². The molecule has 6 nitrogen and oxygen atoms in total. The minimum atomic E-state index is -0.899. The van der Waals surface area contributed by atoms with Crippen LogP contribution in [0.2, 0.25) is 0 Å². The quantitative estimate of drug-likeness (QED) is 0.924. The van der Waals surface area contributed by atoms with Crippen LogP contribution in [0.5, 0.6) is 0 Å². The molecule has 0 radical (unpaired) electrons. The van der Waals surface area contributed by atoms with Crippen LogP contribution in [-0.4, -0.2) is 44.2 Å². The second-order valence-corrected chi connectivity index (χ2v) is 6.61. The van der Waals surface area contributed by atoms with Gasteiger partial charge in [-0.05, 0) is 44.6 Å². The molecule has 3 unspecified atom stereocenters. The molecule has 3 atom stereocenters. The summed E-state index contributed by atoms with van der Waals surface area (Å²) >= 11 is 0. The highest BCUT2D eigenvalue weighted by atomic mass is 16.4. The molecule has 1 aromatic heterocycles. The lowest BCUT2D eigenvalue weighted by Gasteiger charge is -2.33. The van der Waals surface area contributed by atoms with Crippen molar-refractivity contribution in [2.45, 2.75) is 64.5 Å². The summed E-state index contributed by atoms with van der Waals surface area (Å²) in [7, 11) is 0. The molecule has 2 fully saturated rings. The Labute approximate surface area is 135 Å². The number of carbonyl (C=O) groups is 2. The molecule has 1 amide bonds. The molecule has 23 heavy (non-hydrogen) atoms. The van der Waals surface area contributed by atoms with Crippen molar-refractivity contribution in [2.75, 3.05) is 0 Å². The van der Waals surface area contributed by atoms with Gasteiger partial charge in [0.1, 0.15) is 6.04 Å². The van der Waals surface area contributed by atoms with E-state index < -0.39 is 12.0 Å². The summed E-state index contributed by atoms with van der Waals surface area (Å²) in [6, 6.07) is 1.08. The van der Waals surface area contributed by atoms with Crippen LogP contribution in [0.15, 0.2) is 6.07 Å². The van der Waals surface area contributed by atoms with E-state index in [2.05, 4.69) is 10.2 Å². The lowest BCUT2D eigenvalue weighted by Crippen LogP contribution is -2.46. The van der Waals surface area contributed by atoms with Crippen LogP contribution >= 0.6 is 0 Å². The number of amides is 1. The maximum absolute atomic E-state index is 13.1. The topological polar surface area (TPSA) is 83.4 Å². The van der Waals surface area contributed by atoms with Gasteiger partial charge >= 0.3 is 5.97 Å². The summed E-state index contributed by atoms with van der Waals surface area (Å²) in [4.78, 5) is 26.5. The van der Waals surface area contributed by atoms with Gasteiger partial charge < -0.3 is 10.0 Å². The van der Waals surface area contributed by atoms with E-state index in [-0.39, 0.29) is 11.9 Å². The van der Waals surface area contributed by atoms with Crippen LogP contribution in [0, 0.1) is 12.8 Å². The lowest BCUT2D eigenvalue weighted by atomic mass is 9.84. The molecule has 124 valence electrons. The van der Waals surface area contributed by atoms with E-state index in [1.165, 1.54) is 0 Å². The van der Waals surface area contributed by atoms with Gasteiger partial charge in [0.25, 0.3) is 5.91 Å². The van der Waals surface area contributed by atoms with Crippen molar-refractivity contribution in [3.05, 3.63) is 23.0 Å². The van der Waals surface area contributed by atoms with E-state index >= 15 is 0 Å². The van der Waals surface area contributed by atoms with Gasteiger partial charge in [0.15, 0.2) is 0 Å². The van der Waals surface area contributed by atoms with Crippen molar-refractivity contribution >= 4 is 11.9 Å². The molecule has 2 heterocycles. The van der Waals surface area contributed by atoms with E-state index in [1.54, 1.807) is 17.9 Å². The standard InChI is InChI=1S/C17H23N3O3/c1-3-13-12(8-10(2)18-19-13)16(21)20-14-7-5-4-6-11(14)9-15(20)17(22)23/h8,11,14-15H,3-7,9H2,1-2H3,(H,22,23). The Bertz CT molecular complexity index is 632. The van der Waals surface area contributed by atoms with Crippen LogP contribution in [0.1, 0.15) is 60.8 Å². The fourth-order valence-electron chi connectivity index (χ4n) is 4.07. The molecule has 3 rings (SSSR count). The molecular formula is C17H23N3O3. The second kappa shape index (κ2) is 6.26. The summed E-state index contributed by atoms with van der Waals surface area (Å²) in [5, 5.41) is 17.7. The average molecular weight is 317 g/mol. The number of rotatable bonds is 3. The third kappa shape index (κ3) is 2.82. The molecule has 1 aliphatic heterocycles. The third-order valence-corrected chi connectivity index (χ3v) is 5.17. The van der Waals surface area contributed by atoms with Crippen LogP contribution in [0.25, 0.3) is 0 Å². The van der Waals surface area contributed by atoms with Crippen molar-refractivity contribution < 1.29 is 14.7 Å². The summed E-state index contributed by atoms with van der Waals surface area (Å²) in [5.41, 5.74) is 1.83. The summed E-state index contributed by atoms with van der Waals surface area (Å²) < 4.78 is 0. The first-order valence-corrected chi connectivity index (χ1v) is 8.41. The van der Waals surface area contributed by atoms with E-state index in [0.717, 1.165) is 25.7 Å². The Kier molecular flexibility index (Phi) is 4.33. The first kappa shape index (κ1) is 15.9. The molecule has 1 N–H and O–H groups in total. The summed E-state index contributed by atoms with van der Waals surface area (Å²) in [5.74, 6) is -0.777. The SMILES string of the molecule is CCc1nnc(C)cc1C(=O)N1C(C(=O)O)CC2CCCCC21. The van der Waals surface area contributed by atoms with Gasteiger partial charge in [0, 0.05) is 6.04 Å². The van der Waals surface area contributed by atoms with Crippen molar-refractivity contribution in [3.8, 4) is 0 Å². The zero-order valence-corrected chi connectivity index (χ0v) is 13.7. The third-order valence-electron chi connectivity index (χ3n) is 5.17. The Morgan fingerprint density at radius 3 is 2.74 bits per heavy atom. The summed E-state index contributed by atoms with van der Waals surface area (Å²) in [6.45, 7) is 3.73. The number of carboxylic acids is 1. The number of aryl methyl sites for hydroxylation is 2. The normalized spacial score (nSPS) is 26.9. The van der Waals surface area contributed by atoms with Crippen molar-refractivity contribution in [1.29, 1.82) is 0 Å². The van der Waals surface area contributed by atoms with E-state index in [0.29, 0.717) is 35.7 Å². The molecule has 1 saturated heterocycles. The van der Waals surface area contributed by atoms with Crippen molar-refractivity contribution in [1.82, 2.24) is 15.1 Å². The number of aromatic nitrogens is 2. The molecule has 0 bridgehead atoms. The Morgan fingerprint density at radius 2 is 2.04 bits per heavy atom. The predicted molar refractivity (Wildman–Crippen MR) is 84.1 cm³/mol. The smallest absolute Gasteiger partial charge is 0.326 e. The first-order valence-electron chi connectivity index (χ1n) is 8.41. The number of carboxylic acid groups (broad SMARTS) is 1. The highest BCUT2D eigenvalue weighted by Gasteiger charge is 2.48. The number of hydrogen-bond acceptors (Lipinski definition) is 4. The van der Waals surface area contributed by atoms with E-state index in [9.17, 15) is 14.7 Å². The second-order valence-electron chi connectivity index (χ2n) is 6.61. The number of nitrogens with zero attached hydrogens (tertiary/aromatic N) is 3. The van der Waals surface area contributed by atoms with E-state index in [1.807, 2.05) is 6.92 Å². The average Bonchev–Trinajstić information content (AvgIpc) is 2.94. The zero-order chi connectivity index (χ0) is 16.6. The number of carbonyl (C=O) groups excluding carboxylic acids is 1. The maximum atomic E-state index is 13.1. The lowest BCUT2D eigenvalue weighted by molar-refractivity contribution is -0.141. The van der Waals surface area contributed by atoms with Gasteiger partial charge in [-0.25, -0.2) is 4.79 Å². The van der Waals surface area contributed by atoms with Gasteiger partial charge in [0.2, 0.25) is 0 Å². The maximum Gasteiger partial charge on any atom is 0.326 e. The molecule has 0 aromatic carbocycles. The fourth-order valence-corrected chi connectivity index (χ4v) is 4.07. The number of hydrogen-bond donors (Lipinski definition) is 1. The van der Waals surface area contributed by atoms with Gasteiger partial charge in [0.05, 0.1) is 17.0 Å². The number of fused-ring (bicyclic) bond motifs is 1. The Hall–Kier alpha value is -1.98. The Balaban J connectivity index is 1.98. The van der Waals surface area contributed by atoms with Crippen LogP contribution in [0.3, 0.4) is 0 Å². The minimum Gasteiger partial charge on any atom is -0.480 e. The van der Waals surface area contributed by atoms with Gasteiger partial charge in [-0.2, -0.15) is 10.2 Å². The van der Waals surface area contributed by atoms with Gasteiger partial charge in [-0.1, -0.05) is 19.8 Å². The molecule has 1 saturated carbocycles. The summed E-state index contributed by atoms with van der Waals surface area (Å²) in [6.07, 6.45) is 5.29. The fraction of sp³-hybridized carbons (Fsp3) is 0.647. The monoisotopic (exact) mass is 317 g/mol. The zero-order valence-electron chi connectivity index (χ0n) is 13.7.